The minimum atomic E-state index is 0.104. The van der Waals surface area contributed by atoms with E-state index in [1.165, 1.54) is 0 Å². The molecule has 0 amide bonds. The Balaban J connectivity index is 3.34. The Kier molecular flexibility index (Phi) is 7.39. The maximum absolute atomic E-state index is 10.2. The summed E-state index contributed by atoms with van der Waals surface area (Å²) < 4.78 is 0. The molecule has 0 aliphatic heterocycles. The van der Waals surface area contributed by atoms with Crippen LogP contribution in [0.5, 0.6) is 0 Å². The third-order valence-electron chi connectivity index (χ3n) is 1.51. The highest BCUT2D eigenvalue weighted by Gasteiger charge is 2.08. The molecular formula is C8H14BrClO. The largest absolute Gasteiger partial charge is 0.303 e. The molecule has 0 radical (unpaired) electrons. The van der Waals surface area contributed by atoms with Crippen LogP contribution in [0.2, 0.25) is 0 Å². The van der Waals surface area contributed by atoms with E-state index in [-0.39, 0.29) is 11.3 Å². The maximum Gasteiger partial charge on any atom is 0.122 e. The first-order valence-electron chi connectivity index (χ1n) is 3.86. The Bertz CT molecular complexity index is 108. The molecule has 0 aromatic heterocycles. The molecule has 0 saturated heterocycles. The molecular weight excluding hydrogens is 227 g/mol. The van der Waals surface area contributed by atoms with E-state index in [1.807, 2.05) is 6.92 Å². The van der Waals surface area contributed by atoms with Crippen molar-refractivity contribution in [3.63, 3.8) is 0 Å². The normalized spacial score (nSPS) is 15.9. The second-order valence-corrected chi connectivity index (χ2v) is 4.19. The molecule has 0 rings (SSSR count). The molecule has 2 atom stereocenters. The van der Waals surface area contributed by atoms with Gasteiger partial charge in [0, 0.05) is 16.6 Å². The Hall–Kier alpha value is 0.440. The zero-order chi connectivity index (χ0) is 8.69. The summed E-state index contributed by atoms with van der Waals surface area (Å²) in [4.78, 5) is 10.2. The Labute approximate surface area is 81.6 Å². The van der Waals surface area contributed by atoms with Gasteiger partial charge >= 0.3 is 0 Å². The first-order chi connectivity index (χ1) is 5.20. The zero-order valence-corrected chi connectivity index (χ0v) is 9.07. The summed E-state index contributed by atoms with van der Waals surface area (Å²) >= 11 is 9.29. The van der Waals surface area contributed by atoms with Gasteiger partial charge in [0.1, 0.15) is 6.29 Å². The van der Waals surface area contributed by atoms with Crippen LogP contribution in [0.1, 0.15) is 26.2 Å². The van der Waals surface area contributed by atoms with Crippen molar-refractivity contribution in [2.24, 2.45) is 5.92 Å². The van der Waals surface area contributed by atoms with E-state index in [9.17, 15) is 4.79 Å². The van der Waals surface area contributed by atoms with Gasteiger partial charge in [0.05, 0.1) is 0 Å². The molecule has 66 valence electrons. The van der Waals surface area contributed by atoms with Crippen molar-refractivity contribution < 1.29 is 4.79 Å². The lowest BCUT2D eigenvalue weighted by Gasteiger charge is -2.09. The summed E-state index contributed by atoms with van der Waals surface area (Å²) in [6, 6.07) is 0. The van der Waals surface area contributed by atoms with Gasteiger partial charge in [0.25, 0.3) is 0 Å². The summed E-state index contributed by atoms with van der Waals surface area (Å²) in [6.07, 6.45) is 3.84. The summed E-state index contributed by atoms with van der Waals surface area (Å²) in [5.41, 5.74) is 0. The van der Waals surface area contributed by atoms with Crippen molar-refractivity contribution in [3.05, 3.63) is 0 Å². The molecule has 1 nitrogen and oxygen atoms in total. The van der Waals surface area contributed by atoms with Crippen LogP contribution >= 0.6 is 27.5 Å². The number of alkyl halides is 2. The third-order valence-corrected chi connectivity index (χ3v) is 2.47. The van der Waals surface area contributed by atoms with Crippen molar-refractivity contribution in [2.45, 2.75) is 31.6 Å². The van der Waals surface area contributed by atoms with E-state index in [0.29, 0.717) is 0 Å². The monoisotopic (exact) mass is 240 g/mol. The van der Waals surface area contributed by atoms with E-state index in [0.717, 1.165) is 30.9 Å². The quantitative estimate of drug-likeness (QED) is 0.516. The van der Waals surface area contributed by atoms with Crippen LogP contribution in [0.15, 0.2) is 0 Å². The molecule has 2 unspecified atom stereocenters. The van der Waals surface area contributed by atoms with E-state index in [4.69, 9.17) is 11.6 Å². The zero-order valence-electron chi connectivity index (χ0n) is 6.72. The smallest absolute Gasteiger partial charge is 0.122 e. The van der Waals surface area contributed by atoms with Gasteiger partial charge in [-0.05, 0) is 19.3 Å². The maximum atomic E-state index is 10.2. The number of rotatable bonds is 6. The van der Waals surface area contributed by atoms with E-state index in [1.54, 1.807) is 0 Å². The molecule has 0 aromatic rings. The van der Waals surface area contributed by atoms with E-state index < -0.39 is 0 Å². The van der Waals surface area contributed by atoms with Gasteiger partial charge in [-0.15, -0.1) is 11.6 Å². The van der Waals surface area contributed by atoms with Gasteiger partial charge in [-0.3, -0.25) is 0 Å². The summed E-state index contributed by atoms with van der Waals surface area (Å²) in [5, 5.41) is 1.15. The molecule has 0 aliphatic carbocycles. The number of aldehydes is 1. The van der Waals surface area contributed by atoms with Crippen molar-refractivity contribution in [3.8, 4) is 0 Å². The molecule has 0 heterocycles. The molecule has 3 heteroatoms. The Morgan fingerprint density at radius 1 is 1.64 bits per heavy atom. The average molecular weight is 242 g/mol. The fraction of sp³-hybridized carbons (Fsp3) is 0.875. The van der Waals surface area contributed by atoms with Crippen molar-refractivity contribution in [1.82, 2.24) is 0 Å². The van der Waals surface area contributed by atoms with Crippen LogP contribution in [-0.4, -0.2) is 17.0 Å². The minimum Gasteiger partial charge on any atom is -0.303 e. The fourth-order valence-electron chi connectivity index (χ4n) is 0.875. The number of halogens is 2. The topological polar surface area (TPSA) is 17.1 Å². The predicted molar refractivity (Wildman–Crippen MR) is 52.5 cm³/mol. The highest BCUT2D eigenvalue weighted by atomic mass is 79.9. The van der Waals surface area contributed by atoms with Crippen LogP contribution in [0.3, 0.4) is 0 Å². The fourth-order valence-corrected chi connectivity index (χ4v) is 1.63. The van der Waals surface area contributed by atoms with Crippen LogP contribution in [0.25, 0.3) is 0 Å². The molecule has 0 fully saturated rings. The van der Waals surface area contributed by atoms with Gasteiger partial charge in [0.2, 0.25) is 0 Å². The van der Waals surface area contributed by atoms with Crippen LogP contribution in [0, 0.1) is 5.92 Å². The van der Waals surface area contributed by atoms with E-state index in [2.05, 4.69) is 15.9 Å². The molecule has 0 bridgehead atoms. The highest BCUT2D eigenvalue weighted by molar-refractivity contribution is 9.09. The summed E-state index contributed by atoms with van der Waals surface area (Å²) in [7, 11) is 0. The second-order valence-electron chi connectivity index (χ2n) is 2.78. The first kappa shape index (κ1) is 11.4. The molecule has 0 saturated carbocycles. The minimum absolute atomic E-state index is 0.104. The van der Waals surface area contributed by atoms with Crippen LogP contribution < -0.4 is 0 Å². The van der Waals surface area contributed by atoms with Gasteiger partial charge in [-0.2, -0.15) is 0 Å². The average Bonchev–Trinajstić information content (AvgIpc) is 2.00. The van der Waals surface area contributed by atoms with Crippen molar-refractivity contribution in [1.29, 1.82) is 0 Å². The highest BCUT2D eigenvalue weighted by Crippen LogP contribution is 2.15. The Morgan fingerprint density at radius 3 is 2.73 bits per heavy atom. The van der Waals surface area contributed by atoms with Gasteiger partial charge < -0.3 is 4.79 Å². The second kappa shape index (κ2) is 7.11. The van der Waals surface area contributed by atoms with Gasteiger partial charge in [-0.25, -0.2) is 0 Å². The Morgan fingerprint density at radius 2 is 2.27 bits per heavy atom. The molecule has 0 aliphatic rings. The first-order valence-corrected chi connectivity index (χ1v) is 5.41. The molecule has 0 N–H and O–H groups in total. The van der Waals surface area contributed by atoms with Crippen molar-refractivity contribution >= 4 is 33.8 Å². The number of hydrogen-bond acceptors (Lipinski definition) is 1. The standard InChI is InChI=1S/C8H14BrClO/c1-7(6-11)5-8(10)3-2-4-9/h6-8H,2-5H2,1H3. The van der Waals surface area contributed by atoms with E-state index >= 15 is 0 Å². The SMILES string of the molecule is CC(C=O)CC(Cl)CCCBr. The lowest BCUT2D eigenvalue weighted by molar-refractivity contribution is -0.110. The number of carbonyl (C=O) groups is 1. The van der Waals surface area contributed by atoms with Crippen molar-refractivity contribution in [2.75, 3.05) is 5.33 Å². The summed E-state index contributed by atoms with van der Waals surface area (Å²) in [5.74, 6) is 0.104. The lowest BCUT2D eigenvalue weighted by atomic mass is 10.0. The lowest BCUT2D eigenvalue weighted by Crippen LogP contribution is -2.06. The molecule has 0 aromatic carbocycles. The molecule has 11 heavy (non-hydrogen) atoms. The summed E-state index contributed by atoms with van der Waals surface area (Å²) in [6.45, 7) is 1.90. The third kappa shape index (κ3) is 6.82. The number of carbonyl (C=O) groups excluding carboxylic acids is 1. The predicted octanol–water partition coefficient (Wildman–Crippen LogP) is 2.99. The molecule has 0 spiro atoms. The van der Waals surface area contributed by atoms with Gasteiger partial charge in [0.15, 0.2) is 0 Å². The van der Waals surface area contributed by atoms with Gasteiger partial charge in [-0.1, -0.05) is 22.9 Å². The van der Waals surface area contributed by atoms with Crippen LogP contribution in [-0.2, 0) is 4.79 Å². The number of hydrogen-bond donors (Lipinski definition) is 0. The van der Waals surface area contributed by atoms with Crippen LogP contribution in [0.4, 0.5) is 0 Å².